The predicted octanol–water partition coefficient (Wildman–Crippen LogP) is 2.53. The van der Waals surface area contributed by atoms with E-state index in [4.69, 9.17) is 16.7 Å². The number of fused-ring (bicyclic) bond motifs is 1. The van der Waals surface area contributed by atoms with Gasteiger partial charge in [-0.15, -0.1) is 0 Å². The molecule has 0 fully saturated rings. The molecule has 56 valence electrons. The molecule has 1 aromatic heterocycles. The lowest BCUT2D eigenvalue weighted by Gasteiger charge is -1.85. The van der Waals surface area contributed by atoms with Gasteiger partial charge in [0, 0.05) is 10.9 Å². The van der Waals surface area contributed by atoms with E-state index in [1.807, 2.05) is 24.3 Å². The Morgan fingerprint density at radius 3 is 2.73 bits per heavy atom. The van der Waals surface area contributed by atoms with E-state index >= 15 is 0 Å². The van der Waals surface area contributed by atoms with Crippen molar-refractivity contribution < 1.29 is 5.11 Å². The van der Waals surface area contributed by atoms with Crippen LogP contribution in [0.15, 0.2) is 24.3 Å². The van der Waals surface area contributed by atoms with Crippen LogP contribution in [-0.2, 0) is 0 Å². The number of halogens is 1. The van der Waals surface area contributed by atoms with Gasteiger partial charge in [-0.3, -0.25) is 0 Å². The van der Waals surface area contributed by atoms with Gasteiger partial charge in [0.2, 0.25) is 5.88 Å². The molecule has 0 aliphatic carbocycles. The third-order valence-corrected chi connectivity index (χ3v) is 2.01. The zero-order chi connectivity index (χ0) is 7.84. The monoisotopic (exact) mass is 167 g/mol. The van der Waals surface area contributed by atoms with Crippen LogP contribution in [0.3, 0.4) is 0 Å². The molecule has 0 aliphatic rings. The summed E-state index contributed by atoms with van der Waals surface area (Å²) in [6.07, 6.45) is 0. The molecule has 0 unspecified atom stereocenters. The Hall–Kier alpha value is -1.15. The number of aromatic nitrogens is 1. The van der Waals surface area contributed by atoms with Gasteiger partial charge >= 0.3 is 0 Å². The normalized spacial score (nSPS) is 10.6. The SMILES string of the molecule is Oc1[nH]c2ccccc2c1Cl. The molecule has 11 heavy (non-hydrogen) atoms. The molecule has 0 amide bonds. The van der Waals surface area contributed by atoms with E-state index in [9.17, 15) is 0 Å². The zero-order valence-corrected chi connectivity index (χ0v) is 6.39. The summed E-state index contributed by atoms with van der Waals surface area (Å²) < 4.78 is 0. The van der Waals surface area contributed by atoms with Crippen molar-refractivity contribution >= 4 is 22.5 Å². The second kappa shape index (κ2) is 2.17. The minimum atomic E-state index is 0.0351. The van der Waals surface area contributed by atoms with Crippen molar-refractivity contribution in [2.24, 2.45) is 0 Å². The molecule has 0 spiro atoms. The highest BCUT2D eigenvalue weighted by atomic mass is 35.5. The van der Waals surface area contributed by atoms with Crippen molar-refractivity contribution in [3.63, 3.8) is 0 Å². The van der Waals surface area contributed by atoms with Gasteiger partial charge in [-0.05, 0) is 6.07 Å². The van der Waals surface area contributed by atoms with E-state index in [-0.39, 0.29) is 5.88 Å². The maximum absolute atomic E-state index is 9.16. The lowest BCUT2D eigenvalue weighted by Crippen LogP contribution is -1.63. The minimum absolute atomic E-state index is 0.0351. The summed E-state index contributed by atoms with van der Waals surface area (Å²) >= 11 is 5.76. The summed E-state index contributed by atoms with van der Waals surface area (Å²) in [4.78, 5) is 2.75. The van der Waals surface area contributed by atoms with Gasteiger partial charge < -0.3 is 10.1 Å². The van der Waals surface area contributed by atoms with E-state index in [2.05, 4.69) is 4.98 Å². The van der Waals surface area contributed by atoms with E-state index < -0.39 is 0 Å². The van der Waals surface area contributed by atoms with Crippen molar-refractivity contribution in [2.45, 2.75) is 0 Å². The lowest BCUT2D eigenvalue weighted by atomic mass is 10.2. The Labute approximate surface area is 68.4 Å². The second-order valence-electron chi connectivity index (χ2n) is 2.33. The molecule has 3 heteroatoms. The zero-order valence-electron chi connectivity index (χ0n) is 5.63. The Kier molecular flexibility index (Phi) is 1.29. The third-order valence-electron chi connectivity index (χ3n) is 1.62. The predicted molar refractivity (Wildman–Crippen MR) is 45.0 cm³/mol. The van der Waals surface area contributed by atoms with Crippen LogP contribution in [-0.4, -0.2) is 10.1 Å². The van der Waals surface area contributed by atoms with Crippen molar-refractivity contribution in [1.29, 1.82) is 0 Å². The average molecular weight is 168 g/mol. The van der Waals surface area contributed by atoms with Crippen molar-refractivity contribution in [3.8, 4) is 5.88 Å². The highest BCUT2D eigenvalue weighted by molar-refractivity contribution is 6.37. The van der Waals surface area contributed by atoms with Gasteiger partial charge in [-0.2, -0.15) is 0 Å². The van der Waals surface area contributed by atoms with Crippen LogP contribution in [0, 0.1) is 0 Å². The highest BCUT2D eigenvalue weighted by Crippen LogP contribution is 2.31. The highest BCUT2D eigenvalue weighted by Gasteiger charge is 2.05. The molecule has 2 rings (SSSR count). The number of nitrogens with one attached hydrogen (secondary N) is 1. The summed E-state index contributed by atoms with van der Waals surface area (Å²) in [5.74, 6) is 0.0351. The maximum Gasteiger partial charge on any atom is 0.208 e. The van der Waals surface area contributed by atoms with E-state index in [1.165, 1.54) is 0 Å². The van der Waals surface area contributed by atoms with Gasteiger partial charge in [-0.25, -0.2) is 0 Å². The van der Waals surface area contributed by atoms with E-state index in [1.54, 1.807) is 0 Å². The van der Waals surface area contributed by atoms with Crippen LogP contribution >= 0.6 is 11.6 Å². The number of aromatic amines is 1. The molecule has 0 saturated carbocycles. The second-order valence-corrected chi connectivity index (χ2v) is 2.71. The third kappa shape index (κ3) is 0.870. The first kappa shape index (κ1) is 6.55. The van der Waals surface area contributed by atoms with Crippen molar-refractivity contribution in [1.82, 2.24) is 4.98 Å². The van der Waals surface area contributed by atoms with Gasteiger partial charge in [0.25, 0.3) is 0 Å². The fourth-order valence-electron chi connectivity index (χ4n) is 1.09. The largest absolute Gasteiger partial charge is 0.494 e. The molecule has 1 heterocycles. The van der Waals surface area contributed by atoms with Crippen LogP contribution < -0.4 is 0 Å². The molecule has 2 N–H and O–H groups in total. The van der Waals surface area contributed by atoms with Crippen LogP contribution in [0.1, 0.15) is 0 Å². The topological polar surface area (TPSA) is 36.0 Å². The smallest absolute Gasteiger partial charge is 0.208 e. The van der Waals surface area contributed by atoms with Gasteiger partial charge in [0.15, 0.2) is 0 Å². The molecule has 0 bridgehead atoms. The van der Waals surface area contributed by atoms with Crippen molar-refractivity contribution in [3.05, 3.63) is 29.3 Å². The van der Waals surface area contributed by atoms with Crippen LogP contribution in [0.4, 0.5) is 0 Å². The number of hydrogen-bond donors (Lipinski definition) is 2. The standard InChI is InChI=1S/C8H6ClNO/c9-7-5-3-1-2-4-6(5)10-8(7)11/h1-4,10-11H. The number of rotatable bonds is 0. The van der Waals surface area contributed by atoms with E-state index in [0.29, 0.717) is 5.02 Å². The number of hydrogen-bond acceptors (Lipinski definition) is 1. The summed E-state index contributed by atoms with van der Waals surface area (Å²) in [7, 11) is 0. The van der Waals surface area contributed by atoms with Crippen molar-refractivity contribution in [2.75, 3.05) is 0 Å². The molecular weight excluding hydrogens is 162 g/mol. The minimum Gasteiger partial charge on any atom is -0.494 e. The van der Waals surface area contributed by atoms with Gasteiger partial charge in [0.05, 0.1) is 0 Å². The summed E-state index contributed by atoms with van der Waals surface area (Å²) in [5, 5.41) is 10.4. The molecule has 0 saturated heterocycles. The molecule has 0 atom stereocenters. The molecule has 0 radical (unpaired) electrons. The molecule has 0 aliphatic heterocycles. The summed E-state index contributed by atoms with van der Waals surface area (Å²) in [6, 6.07) is 7.48. The van der Waals surface area contributed by atoms with Gasteiger partial charge in [0.1, 0.15) is 5.02 Å². The summed E-state index contributed by atoms with van der Waals surface area (Å²) in [6.45, 7) is 0. The number of benzene rings is 1. The molecule has 1 aromatic carbocycles. The van der Waals surface area contributed by atoms with Gasteiger partial charge in [-0.1, -0.05) is 29.8 Å². The first-order chi connectivity index (χ1) is 5.29. The number of H-pyrrole nitrogens is 1. The lowest BCUT2D eigenvalue weighted by molar-refractivity contribution is 0.459. The number of aromatic hydroxyl groups is 1. The quantitative estimate of drug-likeness (QED) is 0.622. The number of para-hydroxylation sites is 1. The fourth-order valence-corrected chi connectivity index (χ4v) is 1.31. The van der Waals surface area contributed by atoms with Crippen LogP contribution in [0.5, 0.6) is 5.88 Å². The molecule has 2 aromatic rings. The Balaban J connectivity index is 2.92. The Morgan fingerprint density at radius 1 is 1.27 bits per heavy atom. The first-order valence-electron chi connectivity index (χ1n) is 3.24. The van der Waals surface area contributed by atoms with Crippen LogP contribution in [0.25, 0.3) is 10.9 Å². The Bertz CT molecular complexity index is 394. The van der Waals surface area contributed by atoms with E-state index in [0.717, 1.165) is 10.9 Å². The fraction of sp³-hybridized carbons (Fsp3) is 0. The first-order valence-corrected chi connectivity index (χ1v) is 3.62. The molecular formula is C8H6ClNO. The Morgan fingerprint density at radius 2 is 2.00 bits per heavy atom. The van der Waals surface area contributed by atoms with Crippen LogP contribution in [0.2, 0.25) is 5.02 Å². The maximum atomic E-state index is 9.16. The average Bonchev–Trinajstić information content (AvgIpc) is 2.30. The molecule has 2 nitrogen and oxygen atoms in total. The summed E-state index contributed by atoms with van der Waals surface area (Å²) in [5.41, 5.74) is 0.856.